The van der Waals surface area contributed by atoms with Crippen molar-refractivity contribution in [1.29, 1.82) is 10.5 Å². The van der Waals surface area contributed by atoms with Gasteiger partial charge in [0.25, 0.3) is 0 Å². The van der Waals surface area contributed by atoms with E-state index in [9.17, 15) is 4.79 Å². The maximum Gasteiger partial charge on any atom is 0.326 e. The van der Waals surface area contributed by atoms with Crippen molar-refractivity contribution < 1.29 is 9.53 Å². The van der Waals surface area contributed by atoms with Crippen molar-refractivity contribution in [3.05, 3.63) is 0 Å². The van der Waals surface area contributed by atoms with Crippen LogP contribution in [-0.2, 0) is 9.53 Å². The van der Waals surface area contributed by atoms with Gasteiger partial charge in [-0.25, -0.2) is 0 Å². The van der Waals surface area contributed by atoms with Gasteiger partial charge in [0.05, 0.1) is 18.7 Å². The zero-order chi connectivity index (χ0) is 11.2. The summed E-state index contributed by atoms with van der Waals surface area (Å²) in [6.45, 7) is 3.14. The Hall–Kier alpha value is -1.99. The average Bonchev–Trinajstić information content (AvgIpc) is 2.19. The Balaban J connectivity index is 5.03. The Bertz CT molecular complexity index is 329. The van der Waals surface area contributed by atoms with E-state index in [1.165, 1.54) is 6.92 Å². The van der Waals surface area contributed by atoms with Crippen LogP contribution in [0.15, 0.2) is 0 Å². The quantitative estimate of drug-likeness (QED) is 0.488. The molecule has 4 heteroatoms. The zero-order valence-corrected chi connectivity index (χ0v) is 8.07. The van der Waals surface area contributed by atoms with Gasteiger partial charge in [0.2, 0.25) is 0 Å². The van der Waals surface area contributed by atoms with Crippen molar-refractivity contribution in [2.45, 2.75) is 13.8 Å². The van der Waals surface area contributed by atoms with Gasteiger partial charge in [-0.15, -0.1) is 6.42 Å². The summed E-state index contributed by atoms with van der Waals surface area (Å²) >= 11 is 0. The molecule has 0 unspecified atom stereocenters. The van der Waals surface area contributed by atoms with Gasteiger partial charge in [-0.2, -0.15) is 10.5 Å². The standard InChI is InChI=1S/C10H10N2O2/c1-4-10(3,8(6-11)7-12)9(13)14-5-2/h1,8H,5H2,2-3H3/t10-/m1/s1. The molecule has 0 amide bonds. The number of nitrogens with zero attached hydrogens (tertiary/aromatic N) is 2. The summed E-state index contributed by atoms with van der Waals surface area (Å²) in [5.74, 6) is 0.245. The maximum atomic E-state index is 11.4. The fourth-order valence-corrected chi connectivity index (χ4v) is 0.828. The Morgan fingerprint density at radius 1 is 1.57 bits per heavy atom. The fraction of sp³-hybridized carbons (Fsp3) is 0.500. The van der Waals surface area contributed by atoms with Gasteiger partial charge in [0.1, 0.15) is 0 Å². The lowest BCUT2D eigenvalue weighted by Gasteiger charge is -2.21. The minimum absolute atomic E-state index is 0.166. The number of hydrogen-bond acceptors (Lipinski definition) is 4. The smallest absolute Gasteiger partial charge is 0.326 e. The first-order valence-electron chi connectivity index (χ1n) is 4.01. The number of carbonyl (C=O) groups is 1. The lowest BCUT2D eigenvalue weighted by Crippen LogP contribution is -2.35. The van der Waals surface area contributed by atoms with Crippen LogP contribution in [0.5, 0.6) is 0 Å². The minimum Gasteiger partial charge on any atom is -0.465 e. The van der Waals surface area contributed by atoms with Crippen molar-refractivity contribution in [3.63, 3.8) is 0 Å². The third-order valence-corrected chi connectivity index (χ3v) is 1.83. The molecule has 0 aromatic heterocycles. The summed E-state index contributed by atoms with van der Waals surface area (Å²) in [5, 5.41) is 17.3. The molecular weight excluding hydrogens is 180 g/mol. The molecule has 0 saturated carbocycles. The number of carbonyl (C=O) groups excluding carboxylic acids is 1. The van der Waals surface area contributed by atoms with Crippen LogP contribution < -0.4 is 0 Å². The molecule has 0 heterocycles. The van der Waals surface area contributed by atoms with E-state index in [4.69, 9.17) is 21.7 Å². The van der Waals surface area contributed by atoms with E-state index in [0.717, 1.165) is 0 Å². The molecule has 0 saturated heterocycles. The molecule has 4 nitrogen and oxygen atoms in total. The van der Waals surface area contributed by atoms with Crippen molar-refractivity contribution in [1.82, 2.24) is 0 Å². The fourth-order valence-electron chi connectivity index (χ4n) is 0.828. The molecule has 0 aliphatic rings. The SMILES string of the molecule is C#C[C@@](C)(C(=O)OCC)C(C#N)C#N. The molecule has 0 fully saturated rings. The average molecular weight is 190 g/mol. The van der Waals surface area contributed by atoms with Crippen LogP contribution in [0.25, 0.3) is 0 Å². The third kappa shape index (κ3) is 2.03. The zero-order valence-electron chi connectivity index (χ0n) is 8.07. The largest absolute Gasteiger partial charge is 0.465 e. The molecule has 0 aromatic rings. The molecule has 72 valence electrons. The highest BCUT2D eigenvalue weighted by Gasteiger charge is 2.42. The Labute approximate surface area is 83.1 Å². The van der Waals surface area contributed by atoms with Crippen molar-refractivity contribution in [3.8, 4) is 24.5 Å². The third-order valence-electron chi connectivity index (χ3n) is 1.83. The summed E-state index contributed by atoms with van der Waals surface area (Å²) in [5.41, 5.74) is -1.49. The van der Waals surface area contributed by atoms with Crippen LogP contribution >= 0.6 is 0 Å². The summed E-state index contributed by atoms with van der Waals surface area (Å²) in [6, 6.07) is 3.36. The van der Waals surface area contributed by atoms with Crippen LogP contribution in [0.3, 0.4) is 0 Å². The summed E-state index contributed by atoms with van der Waals surface area (Å²) in [6.07, 6.45) is 5.14. The highest BCUT2D eigenvalue weighted by Crippen LogP contribution is 2.27. The van der Waals surface area contributed by atoms with Gasteiger partial charge < -0.3 is 4.74 Å². The van der Waals surface area contributed by atoms with Gasteiger partial charge in [0, 0.05) is 0 Å². The molecule has 0 N–H and O–H groups in total. The van der Waals surface area contributed by atoms with Crippen LogP contribution in [-0.4, -0.2) is 12.6 Å². The second kappa shape index (κ2) is 4.90. The van der Waals surface area contributed by atoms with Gasteiger partial charge in [-0.3, -0.25) is 4.79 Å². The lowest BCUT2D eigenvalue weighted by atomic mass is 9.79. The number of terminal acetylenes is 1. The minimum atomic E-state index is -1.49. The second-order valence-electron chi connectivity index (χ2n) is 2.76. The van der Waals surface area contributed by atoms with Gasteiger partial charge >= 0.3 is 5.97 Å². The normalized spacial score (nSPS) is 13.1. The maximum absolute atomic E-state index is 11.4. The molecule has 0 aliphatic carbocycles. The first-order valence-corrected chi connectivity index (χ1v) is 4.01. The number of esters is 1. The number of hydrogen-bond donors (Lipinski definition) is 0. The predicted molar refractivity (Wildman–Crippen MR) is 48.3 cm³/mol. The summed E-state index contributed by atoms with van der Waals surface area (Å²) in [4.78, 5) is 11.4. The van der Waals surface area contributed by atoms with Gasteiger partial charge in [-0.1, -0.05) is 5.92 Å². The first kappa shape index (κ1) is 12.0. The van der Waals surface area contributed by atoms with E-state index in [2.05, 4.69) is 5.92 Å². The van der Waals surface area contributed by atoms with Crippen molar-refractivity contribution in [2.24, 2.45) is 11.3 Å². The van der Waals surface area contributed by atoms with E-state index in [1.807, 2.05) is 0 Å². The number of rotatable bonds is 3. The molecule has 0 bridgehead atoms. The lowest BCUT2D eigenvalue weighted by molar-refractivity contribution is -0.151. The van der Waals surface area contributed by atoms with E-state index < -0.39 is 17.3 Å². The molecular formula is C10H10N2O2. The Kier molecular flexibility index (Phi) is 4.20. The van der Waals surface area contributed by atoms with Crippen LogP contribution in [0, 0.1) is 46.3 Å². The number of nitriles is 2. The Morgan fingerprint density at radius 2 is 2.07 bits per heavy atom. The highest BCUT2D eigenvalue weighted by atomic mass is 16.5. The van der Waals surface area contributed by atoms with E-state index in [0.29, 0.717) is 0 Å². The van der Waals surface area contributed by atoms with E-state index in [-0.39, 0.29) is 6.61 Å². The van der Waals surface area contributed by atoms with E-state index in [1.54, 1.807) is 19.1 Å². The molecule has 0 aliphatic heterocycles. The van der Waals surface area contributed by atoms with E-state index >= 15 is 0 Å². The molecule has 0 rings (SSSR count). The molecule has 0 spiro atoms. The van der Waals surface area contributed by atoms with Crippen LogP contribution in [0.2, 0.25) is 0 Å². The van der Waals surface area contributed by atoms with Gasteiger partial charge in [0.15, 0.2) is 11.3 Å². The van der Waals surface area contributed by atoms with Crippen LogP contribution in [0.4, 0.5) is 0 Å². The topological polar surface area (TPSA) is 73.9 Å². The number of ether oxygens (including phenoxy) is 1. The van der Waals surface area contributed by atoms with Crippen molar-refractivity contribution >= 4 is 5.97 Å². The van der Waals surface area contributed by atoms with Crippen LogP contribution in [0.1, 0.15) is 13.8 Å². The molecule has 1 atom stereocenters. The molecule has 14 heavy (non-hydrogen) atoms. The first-order chi connectivity index (χ1) is 6.56. The molecule has 0 radical (unpaired) electrons. The summed E-state index contributed by atoms with van der Waals surface area (Å²) in [7, 11) is 0. The monoisotopic (exact) mass is 190 g/mol. The van der Waals surface area contributed by atoms with Gasteiger partial charge in [-0.05, 0) is 13.8 Å². The predicted octanol–water partition coefficient (Wildman–Crippen LogP) is 0.852. The molecule has 0 aromatic carbocycles. The second-order valence-corrected chi connectivity index (χ2v) is 2.76. The van der Waals surface area contributed by atoms with Crippen molar-refractivity contribution in [2.75, 3.05) is 6.61 Å². The Morgan fingerprint density at radius 3 is 2.36 bits per heavy atom. The highest BCUT2D eigenvalue weighted by molar-refractivity contribution is 5.81. The summed E-state index contributed by atoms with van der Waals surface area (Å²) < 4.78 is 4.70.